The molecule has 1 fully saturated rings. The number of esters is 1. The summed E-state index contributed by atoms with van der Waals surface area (Å²) >= 11 is 0. The van der Waals surface area contributed by atoms with E-state index in [9.17, 15) is 4.79 Å². The first-order valence-corrected chi connectivity index (χ1v) is 6.42. The highest BCUT2D eigenvalue weighted by Gasteiger charge is 2.31. The van der Waals surface area contributed by atoms with Crippen molar-refractivity contribution in [2.24, 2.45) is 5.41 Å². The average molecular weight is 240 g/mol. The highest BCUT2D eigenvalue weighted by atomic mass is 16.7. The lowest BCUT2D eigenvalue weighted by Crippen LogP contribution is -2.37. The topological polar surface area (TPSA) is 35.5 Å². The minimum atomic E-state index is -0.490. The van der Waals surface area contributed by atoms with Crippen LogP contribution in [0.4, 0.5) is 0 Å². The number of hydrogen-bond donors (Lipinski definition) is 0. The molecule has 0 heterocycles. The van der Waals surface area contributed by atoms with Crippen LogP contribution in [-0.4, -0.2) is 18.4 Å². The summed E-state index contributed by atoms with van der Waals surface area (Å²) in [6.45, 7) is 9.44. The molecule has 0 N–H and O–H groups in total. The van der Waals surface area contributed by atoms with Crippen molar-refractivity contribution in [2.75, 3.05) is 0 Å². The molecule has 0 aromatic heterocycles. The second-order valence-electron chi connectivity index (χ2n) is 5.74. The van der Waals surface area contributed by atoms with E-state index in [1.54, 1.807) is 0 Å². The second kappa shape index (κ2) is 6.20. The molecule has 98 valence electrons. The molecule has 0 aromatic carbocycles. The van der Waals surface area contributed by atoms with Gasteiger partial charge in [0.15, 0.2) is 0 Å². The predicted octanol–water partition coefficient (Wildman–Crippen LogP) is 3.44. The maximum Gasteiger partial charge on any atom is 0.332 e. The monoisotopic (exact) mass is 240 g/mol. The lowest BCUT2D eigenvalue weighted by Gasteiger charge is -2.34. The minimum absolute atomic E-state index is 0.212. The summed E-state index contributed by atoms with van der Waals surface area (Å²) in [5, 5.41) is 0. The van der Waals surface area contributed by atoms with E-state index in [-0.39, 0.29) is 11.5 Å². The summed E-state index contributed by atoms with van der Waals surface area (Å²) in [6, 6.07) is 0. The Bertz CT molecular complexity index is 259. The molecule has 3 nitrogen and oxygen atoms in total. The van der Waals surface area contributed by atoms with Crippen LogP contribution in [0.3, 0.4) is 0 Å². The van der Waals surface area contributed by atoms with Crippen LogP contribution >= 0.6 is 0 Å². The smallest absolute Gasteiger partial charge is 0.332 e. The third-order valence-corrected chi connectivity index (χ3v) is 2.97. The fourth-order valence-electron chi connectivity index (χ4n) is 1.94. The fraction of sp³-hybridized carbons (Fsp3) is 0.786. The lowest BCUT2D eigenvalue weighted by atomic mass is 9.94. The molecule has 1 atom stereocenters. The standard InChI is InChI=1S/C14H24O3/c1-5-12(15)17-13(14(2,3)4)16-11-9-7-6-8-10-11/h5,11,13H,1,6-10H2,2-4H3/t13-/m1/s1. The number of rotatable bonds is 4. The molecule has 0 spiro atoms. The lowest BCUT2D eigenvalue weighted by molar-refractivity contribution is -0.217. The highest BCUT2D eigenvalue weighted by Crippen LogP contribution is 2.29. The van der Waals surface area contributed by atoms with E-state index >= 15 is 0 Å². The fourth-order valence-corrected chi connectivity index (χ4v) is 1.94. The van der Waals surface area contributed by atoms with Crippen LogP contribution in [0.2, 0.25) is 0 Å². The Kier molecular flexibility index (Phi) is 5.19. The molecule has 0 amide bonds. The minimum Gasteiger partial charge on any atom is -0.432 e. The molecule has 1 saturated carbocycles. The van der Waals surface area contributed by atoms with Crippen molar-refractivity contribution >= 4 is 5.97 Å². The quantitative estimate of drug-likeness (QED) is 0.429. The van der Waals surface area contributed by atoms with E-state index < -0.39 is 12.3 Å². The van der Waals surface area contributed by atoms with Crippen molar-refractivity contribution in [3.8, 4) is 0 Å². The molecule has 0 aromatic rings. The molecule has 0 saturated heterocycles. The van der Waals surface area contributed by atoms with Crippen molar-refractivity contribution in [3.63, 3.8) is 0 Å². The molecular formula is C14H24O3. The Morgan fingerprint density at radius 2 is 1.88 bits per heavy atom. The van der Waals surface area contributed by atoms with Crippen LogP contribution in [-0.2, 0) is 14.3 Å². The van der Waals surface area contributed by atoms with Gasteiger partial charge in [0.1, 0.15) is 0 Å². The largest absolute Gasteiger partial charge is 0.432 e. The van der Waals surface area contributed by atoms with E-state index in [1.807, 2.05) is 20.8 Å². The normalized spacial score (nSPS) is 19.7. The van der Waals surface area contributed by atoms with Gasteiger partial charge in [-0.2, -0.15) is 0 Å². The average Bonchev–Trinajstić information content (AvgIpc) is 2.28. The Hall–Kier alpha value is -0.830. The molecule has 0 unspecified atom stereocenters. The van der Waals surface area contributed by atoms with E-state index in [1.165, 1.54) is 25.3 Å². The Morgan fingerprint density at radius 3 is 2.35 bits per heavy atom. The first-order valence-electron chi connectivity index (χ1n) is 6.42. The summed E-state index contributed by atoms with van der Waals surface area (Å²) in [6.07, 6.45) is 6.75. The zero-order valence-electron chi connectivity index (χ0n) is 11.2. The maximum absolute atomic E-state index is 11.3. The molecule has 1 aliphatic carbocycles. The third-order valence-electron chi connectivity index (χ3n) is 2.97. The van der Waals surface area contributed by atoms with Crippen molar-refractivity contribution in [2.45, 2.75) is 65.3 Å². The number of hydrogen-bond acceptors (Lipinski definition) is 3. The molecular weight excluding hydrogens is 216 g/mol. The van der Waals surface area contributed by atoms with E-state index in [0.29, 0.717) is 0 Å². The molecule has 0 aliphatic heterocycles. The van der Waals surface area contributed by atoms with Gasteiger partial charge in [0.2, 0.25) is 6.29 Å². The SMILES string of the molecule is C=CC(=O)O[C@@H](OC1CCCCC1)C(C)(C)C. The van der Waals surface area contributed by atoms with Gasteiger partial charge < -0.3 is 9.47 Å². The first kappa shape index (κ1) is 14.2. The van der Waals surface area contributed by atoms with Gasteiger partial charge >= 0.3 is 5.97 Å². The van der Waals surface area contributed by atoms with E-state index in [2.05, 4.69) is 6.58 Å². The third kappa shape index (κ3) is 4.90. The zero-order valence-corrected chi connectivity index (χ0v) is 11.2. The molecule has 17 heavy (non-hydrogen) atoms. The molecule has 0 bridgehead atoms. The van der Waals surface area contributed by atoms with Crippen LogP contribution in [0.25, 0.3) is 0 Å². The summed E-state index contributed by atoms with van der Waals surface area (Å²) < 4.78 is 11.2. The summed E-state index contributed by atoms with van der Waals surface area (Å²) in [7, 11) is 0. The van der Waals surface area contributed by atoms with Gasteiger partial charge in [-0.15, -0.1) is 0 Å². The van der Waals surface area contributed by atoms with Crippen molar-refractivity contribution in [1.29, 1.82) is 0 Å². The maximum atomic E-state index is 11.3. The van der Waals surface area contributed by atoms with Gasteiger partial charge in [0.25, 0.3) is 0 Å². The van der Waals surface area contributed by atoms with Gasteiger partial charge in [0, 0.05) is 11.5 Å². The molecule has 1 aliphatic rings. The molecule has 0 radical (unpaired) electrons. The van der Waals surface area contributed by atoms with Crippen LogP contribution in [0.5, 0.6) is 0 Å². The Labute approximate surface area is 104 Å². The highest BCUT2D eigenvalue weighted by molar-refractivity contribution is 5.81. The van der Waals surface area contributed by atoms with Crippen LogP contribution in [0, 0.1) is 5.41 Å². The van der Waals surface area contributed by atoms with Gasteiger partial charge in [0.05, 0.1) is 6.10 Å². The van der Waals surface area contributed by atoms with Gasteiger partial charge in [-0.05, 0) is 12.8 Å². The van der Waals surface area contributed by atoms with Crippen molar-refractivity contribution in [3.05, 3.63) is 12.7 Å². The molecule has 3 heteroatoms. The van der Waals surface area contributed by atoms with Crippen LogP contribution in [0.15, 0.2) is 12.7 Å². The number of ether oxygens (including phenoxy) is 2. The van der Waals surface area contributed by atoms with E-state index in [4.69, 9.17) is 9.47 Å². The van der Waals surface area contributed by atoms with Crippen LogP contribution in [0.1, 0.15) is 52.9 Å². The summed E-state index contributed by atoms with van der Waals surface area (Å²) in [4.78, 5) is 11.3. The summed E-state index contributed by atoms with van der Waals surface area (Å²) in [5.41, 5.74) is -0.212. The molecule has 1 rings (SSSR count). The summed E-state index contributed by atoms with van der Waals surface area (Å²) in [5.74, 6) is -0.416. The van der Waals surface area contributed by atoms with Gasteiger partial charge in [-0.1, -0.05) is 46.6 Å². The van der Waals surface area contributed by atoms with Gasteiger partial charge in [-0.3, -0.25) is 0 Å². The van der Waals surface area contributed by atoms with Gasteiger partial charge in [-0.25, -0.2) is 4.79 Å². The second-order valence-corrected chi connectivity index (χ2v) is 5.74. The Morgan fingerprint density at radius 1 is 1.29 bits per heavy atom. The van der Waals surface area contributed by atoms with E-state index in [0.717, 1.165) is 12.8 Å². The van der Waals surface area contributed by atoms with Crippen LogP contribution < -0.4 is 0 Å². The van der Waals surface area contributed by atoms with Crippen molar-refractivity contribution in [1.82, 2.24) is 0 Å². The number of carbonyl (C=O) groups excluding carboxylic acids is 1. The Balaban J connectivity index is 2.56. The first-order chi connectivity index (χ1) is 7.93. The zero-order chi connectivity index (χ0) is 12.9. The number of carbonyl (C=O) groups is 1. The predicted molar refractivity (Wildman–Crippen MR) is 67.5 cm³/mol. The van der Waals surface area contributed by atoms with Crippen molar-refractivity contribution < 1.29 is 14.3 Å².